The van der Waals surface area contributed by atoms with Crippen LogP contribution in [-0.2, 0) is 0 Å². The molecule has 0 heterocycles. The van der Waals surface area contributed by atoms with Gasteiger partial charge in [0.25, 0.3) is 0 Å². The van der Waals surface area contributed by atoms with Crippen molar-refractivity contribution in [1.82, 2.24) is 10.2 Å². The van der Waals surface area contributed by atoms with Gasteiger partial charge in [0.15, 0.2) is 0 Å². The molecule has 0 amide bonds. The second kappa shape index (κ2) is 6.77. The van der Waals surface area contributed by atoms with E-state index in [-0.39, 0.29) is 0 Å². The van der Waals surface area contributed by atoms with Crippen molar-refractivity contribution in [2.45, 2.75) is 32.2 Å². The van der Waals surface area contributed by atoms with E-state index >= 15 is 0 Å². The molecule has 2 nitrogen and oxygen atoms in total. The van der Waals surface area contributed by atoms with Crippen LogP contribution in [0.3, 0.4) is 0 Å². The van der Waals surface area contributed by atoms with Gasteiger partial charge in [-0.25, -0.2) is 0 Å². The average molecular weight is 234 g/mol. The van der Waals surface area contributed by atoms with Gasteiger partial charge >= 0.3 is 0 Å². The van der Waals surface area contributed by atoms with Crippen LogP contribution >= 0.6 is 0 Å². The zero-order valence-corrected chi connectivity index (χ0v) is 11.8. The molecular formula is C15H26N2. The molecule has 0 aromatic heterocycles. The van der Waals surface area contributed by atoms with Crippen molar-refractivity contribution in [3.8, 4) is 0 Å². The van der Waals surface area contributed by atoms with Gasteiger partial charge in [-0.3, -0.25) is 0 Å². The molecule has 0 bridgehead atoms. The number of rotatable bonds is 6. The average Bonchev–Trinajstić information content (AvgIpc) is 2.30. The van der Waals surface area contributed by atoms with Crippen molar-refractivity contribution < 1.29 is 0 Å². The van der Waals surface area contributed by atoms with E-state index in [0.29, 0.717) is 12.0 Å². The molecule has 1 N–H and O–H groups in total. The Morgan fingerprint density at radius 1 is 1.06 bits per heavy atom. The largest absolute Gasteiger partial charge is 0.313 e. The number of nitrogens with one attached hydrogen (secondary N) is 1. The number of hydrogen-bond acceptors (Lipinski definition) is 2. The molecule has 0 radical (unpaired) electrons. The Bertz CT molecular complexity index is 314. The summed E-state index contributed by atoms with van der Waals surface area (Å²) in [5.41, 5.74) is 2.80. The lowest BCUT2D eigenvalue weighted by Gasteiger charge is -2.19. The first-order chi connectivity index (χ1) is 8.04. The van der Waals surface area contributed by atoms with Crippen molar-refractivity contribution in [2.75, 3.05) is 27.7 Å². The Labute approximate surface area is 106 Å². The molecule has 1 aromatic rings. The molecule has 0 saturated heterocycles. The molecule has 1 atom stereocenters. The molecule has 0 fully saturated rings. The standard InChI is InChI=1S/C15H26N2/c1-12(2)13-6-8-14(9-7-13)15(16-3)10-11-17(4)5/h6-9,12,15-16H,10-11H2,1-5H3. The second-order valence-corrected chi connectivity index (χ2v) is 5.25. The summed E-state index contributed by atoms with van der Waals surface area (Å²) in [6, 6.07) is 9.47. The highest BCUT2D eigenvalue weighted by molar-refractivity contribution is 5.26. The van der Waals surface area contributed by atoms with Crippen molar-refractivity contribution in [2.24, 2.45) is 0 Å². The minimum atomic E-state index is 0.457. The van der Waals surface area contributed by atoms with Crippen LogP contribution < -0.4 is 5.32 Å². The van der Waals surface area contributed by atoms with Gasteiger partial charge < -0.3 is 10.2 Å². The predicted molar refractivity (Wildman–Crippen MR) is 75.5 cm³/mol. The summed E-state index contributed by atoms with van der Waals surface area (Å²) in [6.45, 7) is 5.57. The molecule has 96 valence electrons. The molecule has 0 spiro atoms. The molecule has 0 aliphatic heterocycles. The molecule has 1 aromatic carbocycles. The normalized spacial score (nSPS) is 13.4. The lowest BCUT2D eigenvalue weighted by molar-refractivity contribution is 0.368. The van der Waals surface area contributed by atoms with Gasteiger partial charge in [-0.15, -0.1) is 0 Å². The van der Waals surface area contributed by atoms with Gasteiger partial charge in [-0.2, -0.15) is 0 Å². The lowest BCUT2D eigenvalue weighted by atomic mass is 9.98. The Balaban J connectivity index is 2.68. The molecule has 0 aliphatic rings. The summed E-state index contributed by atoms with van der Waals surface area (Å²) in [7, 11) is 6.28. The SMILES string of the molecule is CNC(CCN(C)C)c1ccc(C(C)C)cc1. The molecule has 0 aliphatic carbocycles. The second-order valence-electron chi connectivity index (χ2n) is 5.25. The van der Waals surface area contributed by atoms with Gasteiger partial charge in [0.05, 0.1) is 0 Å². The van der Waals surface area contributed by atoms with Gasteiger partial charge in [0.2, 0.25) is 0 Å². The van der Waals surface area contributed by atoms with Crippen molar-refractivity contribution >= 4 is 0 Å². The van der Waals surface area contributed by atoms with E-state index in [9.17, 15) is 0 Å². The van der Waals surface area contributed by atoms with Crippen LogP contribution in [0.1, 0.15) is 43.4 Å². The zero-order chi connectivity index (χ0) is 12.8. The molecule has 1 unspecified atom stereocenters. The Kier molecular flexibility index (Phi) is 5.66. The van der Waals surface area contributed by atoms with E-state index in [1.165, 1.54) is 11.1 Å². The predicted octanol–water partition coefficient (Wildman–Crippen LogP) is 3.02. The van der Waals surface area contributed by atoms with Crippen molar-refractivity contribution in [3.63, 3.8) is 0 Å². The third-order valence-corrected chi connectivity index (χ3v) is 3.22. The minimum absolute atomic E-state index is 0.457. The smallest absolute Gasteiger partial charge is 0.0329 e. The van der Waals surface area contributed by atoms with Gasteiger partial charge in [-0.05, 0) is 51.2 Å². The molecule has 0 saturated carbocycles. The zero-order valence-electron chi connectivity index (χ0n) is 11.8. The van der Waals surface area contributed by atoms with Crippen LogP contribution in [0.25, 0.3) is 0 Å². The van der Waals surface area contributed by atoms with Crippen LogP contribution in [0.5, 0.6) is 0 Å². The van der Waals surface area contributed by atoms with E-state index in [0.717, 1.165) is 13.0 Å². The van der Waals surface area contributed by atoms with Crippen LogP contribution in [0.2, 0.25) is 0 Å². The Hall–Kier alpha value is -0.860. The third-order valence-electron chi connectivity index (χ3n) is 3.22. The van der Waals surface area contributed by atoms with Crippen LogP contribution in [0.15, 0.2) is 24.3 Å². The third kappa shape index (κ3) is 4.49. The molecule has 1 rings (SSSR count). The number of benzene rings is 1. The fourth-order valence-electron chi connectivity index (χ4n) is 1.98. The minimum Gasteiger partial charge on any atom is -0.313 e. The highest BCUT2D eigenvalue weighted by Crippen LogP contribution is 2.20. The summed E-state index contributed by atoms with van der Waals surface area (Å²) in [4.78, 5) is 2.23. The van der Waals surface area contributed by atoms with E-state index in [1.807, 2.05) is 7.05 Å². The quantitative estimate of drug-likeness (QED) is 0.814. The maximum atomic E-state index is 3.40. The fraction of sp³-hybridized carbons (Fsp3) is 0.600. The van der Waals surface area contributed by atoms with Gasteiger partial charge in [0, 0.05) is 6.04 Å². The monoisotopic (exact) mass is 234 g/mol. The van der Waals surface area contributed by atoms with E-state index in [2.05, 4.69) is 62.4 Å². The van der Waals surface area contributed by atoms with E-state index in [4.69, 9.17) is 0 Å². The summed E-state index contributed by atoms with van der Waals surface area (Å²) in [6.07, 6.45) is 1.14. The number of nitrogens with zero attached hydrogens (tertiary/aromatic N) is 1. The first-order valence-electron chi connectivity index (χ1n) is 6.46. The maximum Gasteiger partial charge on any atom is 0.0329 e. The van der Waals surface area contributed by atoms with Gasteiger partial charge in [-0.1, -0.05) is 38.1 Å². The summed E-state index contributed by atoms with van der Waals surface area (Å²) in [5, 5.41) is 3.40. The number of hydrogen-bond donors (Lipinski definition) is 1. The van der Waals surface area contributed by atoms with Crippen LogP contribution in [0.4, 0.5) is 0 Å². The highest BCUT2D eigenvalue weighted by Gasteiger charge is 2.09. The topological polar surface area (TPSA) is 15.3 Å². The van der Waals surface area contributed by atoms with Crippen LogP contribution in [-0.4, -0.2) is 32.6 Å². The van der Waals surface area contributed by atoms with E-state index in [1.54, 1.807) is 0 Å². The summed E-state index contributed by atoms with van der Waals surface area (Å²) < 4.78 is 0. The molecule has 2 heteroatoms. The summed E-state index contributed by atoms with van der Waals surface area (Å²) in [5.74, 6) is 0.610. The highest BCUT2D eigenvalue weighted by atomic mass is 15.1. The Morgan fingerprint density at radius 3 is 2.00 bits per heavy atom. The van der Waals surface area contributed by atoms with Gasteiger partial charge in [0.1, 0.15) is 0 Å². The van der Waals surface area contributed by atoms with Crippen LogP contribution in [0, 0.1) is 0 Å². The van der Waals surface area contributed by atoms with E-state index < -0.39 is 0 Å². The molecular weight excluding hydrogens is 208 g/mol. The molecule has 17 heavy (non-hydrogen) atoms. The summed E-state index contributed by atoms with van der Waals surface area (Å²) >= 11 is 0. The van der Waals surface area contributed by atoms with Crippen molar-refractivity contribution in [3.05, 3.63) is 35.4 Å². The first kappa shape index (κ1) is 14.2. The first-order valence-corrected chi connectivity index (χ1v) is 6.46. The van der Waals surface area contributed by atoms with Crippen molar-refractivity contribution in [1.29, 1.82) is 0 Å². The maximum absolute atomic E-state index is 3.40. The fourth-order valence-corrected chi connectivity index (χ4v) is 1.98. The Morgan fingerprint density at radius 2 is 1.59 bits per heavy atom. The lowest BCUT2D eigenvalue weighted by Crippen LogP contribution is -2.22.